The molecule has 160 valence electrons. The molecule has 5 nitrogen and oxygen atoms in total. The van der Waals surface area contributed by atoms with Gasteiger partial charge in [0.15, 0.2) is 0 Å². The number of hydrogen-bond donors (Lipinski definition) is 0. The Hall–Kier alpha value is -2.83. The maximum Gasteiger partial charge on any atom is 0.283 e. The molecule has 1 fully saturated rings. The van der Waals surface area contributed by atoms with Gasteiger partial charge in [-0.15, -0.1) is 16.1 Å². The Morgan fingerprint density at radius 1 is 0.871 bits per heavy atom. The molecule has 0 spiro atoms. The first-order valence-electron chi connectivity index (χ1n) is 11.0. The molecule has 0 radical (unpaired) electrons. The molecular weight excluding hydrogens is 406 g/mol. The third-order valence-electron chi connectivity index (χ3n) is 6.04. The van der Waals surface area contributed by atoms with Crippen molar-refractivity contribution >= 4 is 38.0 Å². The molecule has 0 aliphatic carbocycles. The molecule has 0 N–H and O–H groups in total. The highest BCUT2D eigenvalue weighted by atomic mass is 32.1. The van der Waals surface area contributed by atoms with Gasteiger partial charge in [-0.25, -0.2) is 0 Å². The maximum atomic E-state index is 12.2. The fourth-order valence-electron chi connectivity index (χ4n) is 4.35. The molecule has 0 atom stereocenters. The number of unbranched alkanes of at least 4 members (excludes halogenated alkanes) is 1. The second-order valence-electron chi connectivity index (χ2n) is 8.00. The lowest BCUT2D eigenvalue weighted by Gasteiger charge is -2.36. The van der Waals surface area contributed by atoms with Crippen LogP contribution in [0.25, 0.3) is 21.0 Å². The number of fused-ring (bicyclic) bond motifs is 2. The van der Waals surface area contributed by atoms with E-state index in [0.717, 1.165) is 56.5 Å². The minimum atomic E-state index is -0.115. The van der Waals surface area contributed by atoms with Crippen LogP contribution in [0.5, 0.6) is 0 Å². The van der Waals surface area contributed by atoms with Crippen LogP contribution in [0.3, 0.4) is 0 Å². The molecular formula is C25H27N3O2S. The molecule has 2 aromatic heterocycles. The van der Waals surface area contributed by atoms with Crippen LogP contribution in [0.4, 0.5) is 5.69 Å². The van der Waals surface area contributed by atoms with Crippen molar-refractivity contribution in [3.8, 4) is 0 Å². The third-order valence-corrected chi connectivity index (χ3v) is 6.92. The van der Waals surface area contributed by atoms with Crippen molar-refractivity contribution in [3.63, 3.8) is 0 Å². The van der Waals surface area contributed by atoms with E-state index in [1.54, 1.807) is 6.07 Å². The zero-order chi connectivity index (χ0) is 21.0. The summed E-state index contributed by atoms with van der Waals surface area (Å²) in [6.07, 6.45) is 2.00. The molecule has 5 rings (SSSR count). The smallest absolute Gasteiger partial charge is 0.283 e. The summed E-state index contributed by atoms with van der Waals surface area (Å²) in [7, 11) is 0. The van der Waals surface area contributed by atoms with Crippen LogP contribution in [0, 0.1) is 0 Å². The molecule has 6 heteroatoms. The Bertz CT molecular complexity index is 1220. The van der Waals surface area contributed by atoms with Crippen molar-refractivity contribution in [2.24, 2.45) is 0 Å². The highest BCUT2D eigenvalue weighted by Crippen LogP contribution is 2.31. The van der Waals surface area contributed by atoms with E-state index in [1.165, 1.54) is 20.5 Å². The maximum absolute atomic E-state index is 12.2. The largest absolute Gasteiger partial charge is 0.410 e. The quantitative estimate of drug-likeness (QED) is 0.409. The number of nitrogens with zero attached hydrogens (tertiary/aromatic N) is 3. The molecule has 4 aromatic rings. The Morgan fingerprint density at radius 3 is 2.65 bits per heavy atom. The lowest BCUT2D eigenvalue weighted by Crippen LogP contribution is -2.46. The Balaban J connectivity index is 1.09. The molecule has 31 heavy (non-hydrogen) atoms. The van der Waals surface area contributed by atoms with E-state index < -0.39 is 0 Å². The van der Waals surface area contributed by atoms with Gasteiger partial charge < -0.3 is 9.74 Å². The highest BCUT2D eigenvalue weighted by molar-refractivity contribution is 7.17. The Kier molecular flexibility index (Phi) is 5.91. The van der Waals surface area contributed by atoms with Gasteiger partial charge in [0.2, 0.25) is 0 Å². The average Bonchev–Trinajstić information content (AvgIpc) is 3.30. The number of anilines is 1. The van der Waals surface area contributed by atoms with Crippen molar-refractivity contribution in [2.45, 2.75) is 12.8 Å². The van der Waals surface area contributed by atoms with Gasteiger partial charge in [0, 0.05) is 53.4 Å². The van der Waals surface area contributed by atoms with E-state index in [-0.39, 0.29) is 5.56 Å². The SMILES string of the molecule is O=c1ccc2ccccc2n1OCCCCN1CCN(c2cccc3sccc23)CC1. The number of aromatic nitrogens is 1. The van der Waals surface area contributed by atoms with E-state index >= 15 is 0 Å². The number of benzene rings is 2. The Labute approximate surface area is 186 Å². The first-order valence-corrected chi connectivity index (χ1v) is 11.9. The van der Waals surface area contributed by atoms with Crippen molar-refractivity contribution in [2.75, 3.05) is 44.2 Å². The zero-order valence-electron chi connectivity index (χ0n) is 17.6. The molecule has 0 bridgehead atoms. The molecule has 0 amide bonds. The van der Waals surface area contributed by atoms with Gasteiger partial charge in [-0.2, -0.15) is 0 Å². The number of hydrogen-bond acceptors (Lipinski definition) is 5. The average molecular weight is 434 g/mol. The van der Waals surface area contributed by atoms with E-state index in [4.69, 9.17) is 4.84 Å². The van der Waals surface area contributed by atoms with Gasteiger partial charge in [0.05, 0.1) is 5.52 Å². The van der Waals surface area contributed by atoms with E-state index in [2.05, 4.69) is 39.4 Å². The topological polar surface area (TPSA) is 37.7 Å². The second-order valence-corrected chi connectivity index (χ2v) is 8.95. The third kappa shape index (κ3) is 4.31. The van der Waals surface area contributed by atoms with Crippen LogP contribution in [-0.2, 0) is 0 Å². The van der Waals surface area contributed by atoms with Crippen LogP contribution in [0.15, 0.2) is 70.8 Å². The number of pyridine rings is 1. The minimum Gasteiger partial charge on any atom is -0.410 e. The van der Waals surface area contributed by atoms with Crippen molar-refractivity contribution in [1.29, 1.82) is 0 Å². The monoisotopic (exact) mass is 433 g/mol. The Morgan fingerprint density at radius 2 is 1.74 bits per heavy atom. The lowest BCUT2D eigenvalue weighted by atomic mass is 10.2. The van der Waals surface area contributed by atoms with E-state index in [9.17, 15) is 4.79 Å². The van der Waals surface area contributed by atoms with Crippen molar-refractivity contribution in [1.82, 2.24) is 9.63 Å². The molecule has 1 aliphatic rings. The predicted octanol–water partition coefficient (Wildman–Crippen LogP) is 4.25. The minimum absolute atomic E-state index is 0.115. The van der Waals surface area contributed by atoms with E-state index in [0.29, 0.717) is 6.61 Å². The first-order chi connectivity index (χ1) is 15.3. The van der Waals surface area contributed by atoms with Crippen LogP contribution in [0.1, 0.15) is 12.8 Å². The lowest BCUT2D eigenvalue weighted by molar-refractivity contribution is 0.106. The predicted molar refractivity (Wildman–Crippen MR) is 129 cm³/mol. The number of para-hydroxylation sites is 1. The summed E-state index contributed by atoms with van der Waals surface area (Å²) in [5.41, 5.74) is 2.08. The fraction of sp³-hybridized carbons (Fsp3) is 0.320. The van der Waals surface area contributed by atoms with Crippen molar-refractivity contribution in [3.05, 3.63) is 76.4 Å². The summed E-state index contributed by atoms with van der Waals surface area (Å²) in [5.74, 6) is 0. The van der Waals surface area contributed by atoms with Gasteiger partial charge in [-0.3, -0.25) is 9.69 Å². The number of thiophene rings is 1. The highest BCUT2D eigenvalue weighted by Gasteiger charge is 2.18. The summed E-state index contributed by atoms with van der Waals surface area (Å²) in [6.45, 7) is 5.93. The van der Waals surface area contributed by atoms with Gasteiger partial charge in [-0.1, -0.05) is 24.3 Å². The summed E-state index contributed by atoms with van der Waals surface area (Å²) in [4.78, 5) is 23.1. The summed E-state index contributed by atoms with van der Waals surface area (Å²) in [6, 6.07) is 20.1. The first kappa shape index (κ1) is 20.1. The molecule has 0 saturated carbocycles. The van der Waals surface area contributed by atoms with Gasteiger partial charge in [-0.05, 0) is 55.1 Å². The molecule has 3 heterocycles. The number of rotatable bonds is 7. The molecule has 1 saturated heterocycles. The molecule has 1 aliphatic heterocycles. The summed E-state index contributed by atoms with van der Waals surface area (Å²) < 4.78 is 2.80. The normalized spacial score (nSPS) is 15.0. The second kappa shape index (κ2) is 9.12. The van der Waals surface area contributed by atoms with Crippen molar-refractivity contribution < 1.29 is 4.84 Å². The van der Waals surface area contributed by atoms with Crippen LogP contribution < -0.4 is 15.3 Å². The zero-order valence-corrected chi connectivity index (χ0v) is 18.4. The van der Waals surface area contributed by atoms with Crippen LogP contribution in [0.2, 0.25) is 0 Å². The van der Waals surface area contributed by atoms with Crippen LogP contribution in [-0.4, -0.2) is 49.0 Å². The van der Waals surface area contributed by atoms with E-state index in [1.807, 2.05) is 41.7 Å². The van der Waals surface area contributed by atoms with Gasteiger partial charge in [0.1, 0.15) is 6.61 Å². The summed E-state index contributed by atoms with van der Waals surface area (Å²) in [5, 5.41) is 4.57. The van der Waals surface area contributed by atoms with Crippen LogP contribution >= 0.6 is 11.3 Å². The number of piperazine rings is 1. The standard InChI is InChI=1S/C25H27N3O2S/c29-25-11-10-20-6-1-2-7-22(20)28(25)30-18-4-3-13-26-14-16-27(17-15-26)23-8-5-9-24-21(23)12-19-31-24/h1-2,5-12,19H,3-4,13-18H2. The molecule has 2 aromatic carbocycles. The molecule has 0 unspecified atom stereocenters. The van der Waals surface area contributed by atoms with Gasteiger partial charge in [0.25, 0.3) is 5.56 Å². The van der Waals surface area contributed by atoms with Gasteiger partial charge >= 0.3 is 0 Å². The summed E-state index contributed by atoms with van der Waals surface area (Å²) >= 11 is 1.81. The fourth-order valence-corrected chi connectivity index (χ4v) is 5.16.